The molecular formula is C6H9NO5. The number of nitrogens with zero attached hydrogens (tertiary/aromatic N) is 1. The maximum atomic E-state index is 10.4. The van der Waals surface area contributed by atoms with Crippen LogP contribution in [0, 0.1) is 0 Å². The first-order chi connectivity index (χ1) is 5.70. The van der Waals surface area contributed by atoms with E-state index in [9.17, 15) is 9.59 Å². The van der Waals surface area contributed by atoms with Gasteiger partial charge in [-0.3, -0.25) is 14.5 Å². The van der Waals surface area contributed by atoms with Gasteiger partial charge in [-0.1, -0.05) is 5.16 Å². The zero-order chi connectivity index (χ0) is 9.40. The topological polar surface area (TPSA) is 74.2 Å². The van der Waals surface area contributed by atoms with Gasteiger partial charge in [-0.05, 0) is 13.8 Å². The third-order valence-corrected chi connectivity index (χ3v) is 0.680. The van der Waals surface area contributed by atoms with Crippen LogP contribution in [0.4, 0.5) is 4.79 Å². The van der Waals surface area contributed by atoms with Crippen molar-refractivity contribution in [2.45, 2.75) is 13.8 Å². The lowest BCUT2D eigenvalue weighted by molar-refractivity contribution is -0.251. The molecule has 0 aliphatic rings. The van der Waals surface area contributed by atoms with Crippen molar-refractivity contribution >= 4 is 18.2 Å². The lowest BCUT2D eigenvalue weighted by Gasteiger charge is -1.96. The predicted molar refractivity (Wildman–Crippen MR) is 38.4 cm³/mol. The van der Waals surface area contributed by atoms with E-state index in [0.717, 1.165) is 0 Å². The second kappa shape index (κ2) is 6.29. The molecule has 0 aromatic carbocycles. The molecule has 0 aliphatic carbocycles. The first-order valence-electron chi connectivity index (χ1n) is 3.21. The summed E-state index contributed by atoms with van der Waals surface area (Å²) in [5.74, 6) is 0. The third-order valence-electron chi connectivity index (χ3n) is 0.680. The highest BCUT2D eigenvalue weighted by molar-refractivity contribution is 6.26. The molecule has 0 saturated heterocycles. The number of oxime groups is 1. The molecule has 68 valence electrons. The van der Waals surface area contributed by atoms with E-state index in [1.165, 1.54) is 6.92 Å². The monoisotopic (exact) mass is 175 g/mol. The number of hydrogen-bond donors (Lipinski definition) is 0. The molecule has 0 unspecified atom stereocenters. The molecule has 0 N–H and O–H groups in total. The van der Waals surface area contributed by atoms with Gasteiger partial charge < -0.3 is 0 Å². The van der Waals surface area contributed by atoms with E-state index >= 15 is 0 Å². The second-order valence-electron chi connectivity index (χ2n) is 1.68. The van der Waals surface area contributed by atoms with Crippen LogP contribution in [0.1, 0.15) is 13.8 Å². The highest BCUT2D eigenvalue weighted by atomic mass is 17.2. The molecule has 0 aromatic rings. The highest BCUT2D eigenvalue weighted by Gasteiger charge is 2.03. The summed E-state index contributed by atoms with van der Waals surface area (Å²) in [6.45, 7) is 3.22. The molecule has 0 radical (unpaired) electrons. The largest absolute Gasteiger partial charge is 0.567 e. The minimum absolute atomic E-state index is 0.0310. The number of carbonyl (C=O) groups is 2. The van der Waals surface area contributed by atoms with Gasteiger partial charge in [0, 0.05) is 0 Å². The average Bonchev–Trinajstić information content (AvgIpc) is 2.10. The summed E-state index contributed by atoms with van der Waals surface area (Å²) in [5, 5.41) is 3.09. The summed E-state index contributed by atoms with van der Waals surface area (Å²) >= 11 is 0. The molecule has 0 spiro atoms. The quantitative estimate of drug-likeness (QED) is 0.206. The SMILES string of the molecule is CCOOC(=O)ON=C(C)C=O. The highest BCUT2D eigenvalue weighted by Crippen LogP contribution is 1.87. The lowest BCUT2D eigenvalue weighted by atomic mass is 10.5. The number of hydrogen-bond acceptors (Lipinski definition) is 6. The van der Waals surface area contributed by atoms with Crippen LogP contribution in [0.15, 0.2) is 5.16 Å². The van der Waals surface area contributed by atoms with Crippen molar-refractivity contribution in [1.29, 1.82) is 0 Å². The van der Waals surface area contributed by atoms with Crippen molar-refractivity contribution in [1.82, 2.24) is 0 Å². The van der Waals surface area contributed by atoms with Gasteiger partial charge in [-0.2, -0.15) is 9.68 Å². The van der Waals surface area contributed by atoms with E-state index in [1.807, 2.05) is 0 Å². The summed E-state index contributed by atoms with van der Waals surface area (Å²) in [6.07, 6.45) is -0.674. The molecule has 0 rings (SSSR count). The zero-order valence-corrected chi connectivity index (χ0v) is 6.77. The van der Waals surface area contributed by atoms with Crippen molar-refractivity contribution in [2.24, 2.45) is 5.16 Å². The van der Waals surface area contributed by atoms with E-state index in [1.54, 1.807) is 6.92 Å². The van der Waals surface area contributed by atoms with E-state index in [4.69, 9.17) is 0 Å². The van der Waals surface area contributed by atoms with Gasteiger partial charge in [0.2, 0.25) is 0 Å². The molecule has 0 fully saturated rings. The Morgan fingerprint density at radius 3 is 2.75 bits per heavy atom. The van der Waals surface area contributed by atoms with Crippen LogP contribution in [-0.2, 0) is 19.4 Å². The molecule has 0 amide bonds. The fourth-order valence-electron chi connectivity index (χ4n) is 0.253. The minimum Gasteiger partial charge on any atom is -0.296 e. The summed E-state index contributed by atoms with van der Waals surface area (Å²) in [5.41, 5.74) is 0.0310. The summed E-state index contributed by atoms with van der Waals surface area (Å²) in [4.78, 5) is 32.7. The first-order valence-corrected chi connectivity index (χ1v) is 3.21. The van der Waals surface area contributed by atoms with Crippen LogP contribution in [0.25, 0.3) is 0 Å². The minimum atomic E-state index is -1.11. The van der Waals surface area contributed by atoms with Crippen LogP contribution in [0.5, 0.6) is 0 Å². The Morgan fingerprint density at radius 1 is 1.58 bits per heavy atom. The molecule has 6 nitrogen and oxygen atoms in total. The Labute approximate surface area is 69.0 Å². The Bertz CT molecular complexity index is 188. The molecule has 0 heterocycles. The van der Waals surface area contributed by atoms with E-state index in [-0.39, 0.29) is 12.3 Å². The van der Waals surface area contributed by atoms with E-state index < -0.39 is 6.16 Å². The summed E-state index contributed by atoms with van der Waals surface area (Å²) in [6, 6.07) is 0. The Kier molecular flexibility index (Phi) is 5.54. The number of rotatable bonds is 4. The van der Waals surface area contributed by atoms with Crippen molar-refractivity contribution in [3.05, 3.63) is 0 Å². The number of carbonyl (C=O) groups excluding carboxylic acids is 2. The third kappa shape index (κ3) is 5.36. The average molecular weight is 175 g/mol. The van der Waals surface area contributed by atoms with E-state index in [2.05, 4.69) is 19.8 Å². The van der Waals surface area contributed by atoms with Crippen LogP contribution in [-0.4, -0.2) is 24.8 Å². The zero-order valence-electron chi connectivity index (χ0n) is 6.77. The van der Waals surface area contributed by atoms with Gasteiger partial charge >= 0.3 is 6.16 Å². The van der Waals surface area contributed by atoms with Crippen LogP contribution in [0.2, 0.25) is 0 Å². The summed E-state index contributed by atoms with van der Waals surface area (Å²) in [7, 11) is 0. The fourth-order valence-corrected chi connectivity index (χ4v) is 0.253. The normalized spacial score (nSPS) is 10.7. The molecule has 12 heavy (non-hydrogen) atoms. The summed E-state index contributed by atoms with van der Waals surface area (Å²) < 4.78 is 0. The molecule has 0 bridgehead atoms. The molecule has 0 atom stereocenters. The van der Waals surface area contributed by atoms with E-state index in [0.29, 0.717) is 6.29 Å². The van der Waals surface area contributed by atoms with Gasteiger partial charge in [0.25, 0.3) is 0 Å². The lowest BCUT2D eigenvalue weighted by Crippen LogP contribution is -2.06. The van der Waals surface area contributed by atoms with Gasteiger partial charge in [0.1, 0.15) is 5.71 Å². The Balaban J connectivity index is 3.63. The second-order valence-corrected chi connectivity index (χ2v) is 1.68. The van der Waals surface area contributed by atoms with Crippen molar-refractivity contribution in [3.63, 3.8) is 0 Å². The standard InChI is InChI=1S/C6H9NO5/c1-3-10-12-6(9)11-7-5(2)4-8/h4H,3H2,1-2H3. The molecular weight excluding hydrogens is 166 g/mol. The predicted octanol–water partition coefficient (Wildman–Crippen LogP) is 0.666. The maximum Gasteiger partial charge on any atom is 0.567 e. The maximum absolute atomic E-state index is 10.4. The van der Waals surface area contributed by atoms with Crippen LogP contribution >= 0.6 is 0 Å². The first kappa shape index (κ1) is 10.6. The fraction of sp³-hybridized carbons (Fsp3) is 0.500. The van der Waals surface area contributed by atoms with Crippen molar-refractivity contribution in [3.8, 4) is 0 Å². The molecule has 6 heteroatoms. The van der Waals surface area contributed by atoms with Crippen molar-refractivity contribution in [2.75, 3.05) is 6.61 Å². The Morgan fingerprint density at radius 2 is 2.25 bits per heavy atom. The van der Waals surface area contributed by atoms with Gasteiger partial charge in [0.05, 0.1) is 6.61 Å². The van der Waals surface area contributed by atoms with Gasteiger partial charge in [-0.25, -0.2) is 0 Å². The molecule has 0 saturated carbocycles. The van der Waals surface area contributed by atoms with Crippen LogP contribution in [0.3, 0.4) is 0 Å². The van der Waals surface area contributed by atoms with Gasteiger partial charge in [-0.15, -0.1) is 0 Å². The molecule has 0 aromatic heterocycles. The van der Waals surface area contributed by atoms with Gasteiger partial charge in [0.15, 0.2) is 6.29 Å². The van der Waals surface area contributed by atoms with Crippen molar-refractivity contribution < 1.29 is 24.2 Å². The smallest absolute Gasteiger partial charge is 0.296 e. The number of aldehydes is 1. The van der Waals surface area contributed by atoms with Crippen LogP contribution < -0.4 is 0 Å². The Hall–Kier alpha value is -1.43. The molecule has 0 aliphatic heterocycles.